The number of anilines is 1. The second-order valence-corrected chi connectivity index (χ2v) is 24.2. The van der Waals surface area contributed by atoms with Crippen LogP contribution < -0.4 is 4.90 Å². The van der Waals surface area contributed by atoms with E-state index in [0.717, 1.165) is 0 Å². The molecule has 2 unspecified atom stereocenters. The molecule has 0 saturated carbocycles. The minimum Gasteiger partial charge on any atom is -0.481 e. The van der Waals surface area contributed by atoms with Crippen LogP contribution in [0.2, 0.25) is 0 Å². The number of hydrogen-bond donors (Lipinski definition) is 5. The third-order valence-electron chi connectivity index (χ3n) is 11.7. The van der Waals surface area contributed by atoms with Crippen molar-refractivity contribution < 1.29 is 71.1 Å². The molecule has 0 fully saturated rings. The smallest absolute Gasteiger partial charge is 0.303 e. The molecule has 0 radical (unpaired) electrons. The fraction of sp³-hybridized carbons (Fsp3) is 0.571. The number of unbranched alkanes of at least 4 members (excludes halogenated alkanes) is 2. The average Bonchev–Trinajstić information content (AvgIpc) is 3.49. The molecule has 63 heavy (non-hydrogen) atoms. The van der Waals surface area contributed by atoms with E-state index in [2.05, 4.69) is 0 Å². The van der Waals surface area contributed by atoms with E-state index < -0.39 is 84.8 Å². The van der Waals surface area contributed by atoms with Gasteiger partial charge in [0.2, 0.25) is 5.69 Å². The highest BCUT2D eigenvalue weighted by Gasteiger charge is 2.50. The van der Waals surface area contributed by atoms with Gasteiger partial charge in [0.1, 0.15) is 6.54 Å². The van der Waals surface area contributed by atoms with Crippen LogP contribution in [0.1, 0.15) is 117 Å². The third-order valence-corrected chi connectivity index (χ3v) is 15.0. The fourth-order valence-electron chi connectivity index (χ4n) is 8.58. The van der Waals surface area contributed by atoms with Crippen LogP contribution in [-0.4, -0.2) is 109 Å². The lowest BCUT2D eigenvalue weighted by Crippen LogP contribution is -2.45. The van der Waals surface area contributed by atoms with Crippen molar-refractivity contribution in [3.63, 3.8) is 0 Å². The number of hydrogen-bond acceptors (Lipinski definition) is 11. The van der Waals surface area contributed by atoms with Gasteiger partial charge in [-0.2, -0.15) is 38.2 Å². The molecule has 2 aromatic carbocycles. The number of rotatable bonds is 22. The zero-order chi connectivity index (χ0) is 47.6. The molecule has 0 aliphatic carbocycles. The second kappa shape index (κ2) is 19.1. The molecule has 17 nitrogen and oxygen atoms in total. The number of nitrogens with zero attached hydrogens (tertiary/aromatic N) is 2. The quantitative estimate of drug-likeness (QED) is 0.0466. The molecule has 2 aliphatic rings. The van der Waals surface area contributed by atoms with Gasteiger partial charge in [-0.15, -0.1) is 0 Å². The molecule has 5 N–H and O–H groups in total. The summed E-state index contributed by atoms with van der Waals surface area (Å²) in [5, 5.41) is 9.21. The highest BCUT2D eigenvalue weighted by molar-refractivity contribution is 7.86. The second-order valence-electron chi connectivity index (χ2n) is 18.3. The van der Waals surface area contributed by atoms with E-state index in [1.54, 1.807) is 31.2 Å². The van der Waals surface area contributed by atoms with Gasteiger partial charge in [-0.05, 0) is 135 Å². The summed E-state index contributed by atoms with van der Waals surface area (Å²) in [7, 11) is -18.2. The fourth-order valence-corrected chi connectivity index (χ4v) is 10.6. The standard InChI is InChI=1S/C42H60N2O15S4/c1-39(2,3)59-25-23-40(4,5)44-35-20-18-31(63(56,57)58)29-33(35)42(7,22-13-27-61(50,51)52)37(44)15-11-14-36-41(6,21-12-26-60(47,48)49)32-28-30(62(53,54)55)17-19-34(32)43(36)24-10-8-9-16-38(45)46/h11,14-15,17-20,28-29H,8-10,12-13,16,21-27H2,1-7H3,(H4-,45,46,47,48,49,50,51,52,53,54,55,56,57,58)/p+1. The summed E-state index contributed by atoms with van der Waals surface area (Å²) in [6.07, 6.45) is 7.20. The summed E-state index contributed by atoms with van der Waals surface area (Å²) in [4.78, 5) is 12.5. The van der Waals surface area contributed by atoms with Gasteiger partial charge >= 0.3 is 5.97 Å². The van der Waals surface area contributed by atoms with E-state index in [1.165, 1.54) is 30.3 Å². The van der Waals surface area contributed by atoms with Crippen LogP contribution in [0.15, 0.2) is 70.1 Å². The Morgan fingerprint density at radius 2 is 1.29 bits per heavy atom. The molecule has 0 amide bonds. The zero-order valence-corrected chi connectivity index (χ0v) is 40.0. The van der Waals surface area contributed by atoms with Crippen LogP contribution in [0.25, 0.3) is 0 Å². The van der Waals surface area contributed by atoms with Crippen LogP contribution >= 0.6 is 0 Å². The van der Waals surface area contributed by atoms with Crippen molar-refractivity contribution in [2.24, 2.45) is 0 Å². The maximum Gasteiger partial charge on any atom is 0.303 e. The van der Waals surface area contributed by atoms with E-state index >= 15 is 0 Å². The number of allylic oxidation sites excluding steroid dienone is 4. The summed E-state index contributed by atoms with van der Waals surface area (Å²) >= 11 is 0. The zero-order valence-electron chi connectivity index (χ0n) is 36.7. The monoisotopic (exact) mass is 961 g/mol. The first-order chi connectivity index (χ1) is 28.7. The van der Waals surface area contributed by atoms with Crippen LogP contribution in [0, 0.1) is 0 Å². The average molecular weight is 962 g/mol. The maximum absolute atomic E-state index is 12.5. The van der Waals surface area contributed by atoms with Crippen molar-refractivity contribution in [1.82, 2.24) is 0 Å². The lowest BCUT2D eigenvalue weighted by atomic mass is 9.75. The predicted octanol–water partition coefficient (Wildman–Crippen LogP) is 6.72. The predicted molar refractivity (Wildman–Crippen MR) is 239 cm³/mol. The number of fused-ring (bicyclic) bond motifs is 2. The molecule has 4 rings (SSSR count). The summed E-state index contributed by atoms with van der Waals surface area (Å²) < 4.78 is 145. The normalized spacial score (nSPS) is 20.6. The Kier molecular flexibility index (Phi) is 15.8. The van der Waals surface area contributed by atoms with Crippen molar-refractivity contribution >= 4 is 63.5 Å². The molecule has 2 aromatic rings. The molecule has 352 valence electrons. The van der Waals surface area contributed by atoms with Crippen molar-refractivity contribution in [2.45, 2.75) is 138 Å². The third kappa shape index (κ3) is 13.3. The van der Waals surface area contributed by atoms with Crippen LogP contribution in [0.3, 0.4) is 0 Å². The Bertz CT molecular complexity index is 2610. The van der Waals surface area contributed by atoms with E-state index in [-0.39, 0.29) is 37.0 Å². The van der Waals surface area contributed by atoms with Gasteiger partial charge in [-0.3, -0.25) is 23.0 Å². The number of ether oxygens (including phenoxy) is 1. The molecule has 21 heteroatoms. The SMILES string of the molecule is CC(C)(C)OCCC(C)(C)N1C(=CC=CC2=[N+](CCCCCC(=O)O)c3ccc(S(=O)(=O)O)cc3C2(C)CCCS(=O)(=O)O)C(C)(CCCS(=O)(=O)O)c2cc(S(=O)(=O)O)ccc21. The minimum atomic E-state index is -4.69. The minimum absolute atomic E-state index is 0.0437. The van der Waals surface area contributed by atoms with Gasteiger partial charge in [0.15, 0.2) is 5.71 Å². The van der Waals surface area contributed by atoms with Crippen molar-refractivity contribution in [1.29, 1.82) is 0 Å². The number of benzene rings is 2. The molecular formula is C42H61N2O15S4+. The van der Waals surface area contributed by atoms with Gasteiger partial charge in [0.05, 0.1) is 32.3 Å². The molecule has 2 aliphatic heterocycles. The first-order valence-electron chi connectivity index (χ1n) is 20.5. The largest absolute Gasteiger partial charge is 0.481 e. The molecule has 2 atom stereocenters. The lowest BCUT2D eigenvalue weighted by molar-refractivity contribution is -0.438. The van der Waals surface area contributed by atoms with Crippen molar-refractivity contribution in [3.05, 3.63) is 71.5 Å². The van der Waals surface area contributed by atoms with Gasteiger partial charge in [-0.1, -0.05) is 6.08 Å². The van der Waals surface area contributed by atoms with E-state index in [9.17, 15) is 61.8 Å². The van der Waals surface area contributed by atoms with Crippen LogP contribution in [0.4, 0.5) is 11.4 Å². The molecule has 2 heterocycles. The van der Waals surface area contributed by atoms with E-state index in [0.29, 0.717) is 72.7 Å². The van der Waals surface area contributed by atoms with Gasteiger partial charge in [0, 0.05) is 59.5 Å². The highest BCUT2D eigenvalue weighted by atomic mass is 32.2. The van der Waals surface area contributed by atoms with Gasteiger partial charge in [0.25, 0.3) is 40.5 Å². The Morgan fingerprint density at radius 3 is 1.81 bits per heavy atom. The Morgan fingerprint density at radius 1 is 0.746 bits per heavy atom. The molecular weight excluding hydrogens is 901 g/mol. The number of aliphatic carboxylic acids is 1. The molecule has 0 saturated heterocycles. The lowest BCUT2D eigenvalue weighted by Gasteiger charge is -2.41. The first kappa shape index (κ1) is 52.1. The highest BCUT2D eigenvalue weighted by Crippen LogP contribution is 2.54. The first-order valence-corrected chi connectivity index (χ1v) is 26.6. The van der Waals surface area contributed by atoms with Crippen molar-refractivity contribution in [2.75, 3.05) is 29.6 Å². The Labute approximate surface area is 371 Å². The summed E-state index contributed by atoms with van der Waals surface area (Å²) in [6, 6.07) is 8.31. The molecule has 0 bridgehead atoms. The van der Waals surface area contributed by atoms with Crippen LogP contribution in [-0.2, 0) is 60.8 Å². The molecule has 0 spiro atoms. The van der Waals surface area contributed by atoms with E-state index in [1.807, 2.05) is 51.0 Å². The number of carboxylic acid groups (broad SMARTS) is 1. The summed E-state index contributed by atoms with van der Waals surface area (Å²) in [5.41, 5.74) is -0.252. The Hall–Kier alpha value is -3.54. The van der Waals surface area contributed by atoms with Crippen molar-refractivity contribution in [3.8, 4) is 0 Å². The van der Waals surface area contributed by atoms with Gasteiger partial charge in [-0.25, -0.2) is 0 Å². The number of carbonyl (C=O) groups is 1. The van der Waals surface area contributed by atoms with E-state index in [4.69, 9.17) is 4.74 Å². The van der Waals surface area contributed by atoms with Crippen LogP contribution in [0.5, 0.6) is 0 Å². The van der Waals surface area contributed by atoms with Gasteiger partial charge < -0.3 is 14.7 Å². The summed E-state index contributed by atoms with van der Waals surface area (Å²) in [6.45, 7) is 13.9. The molecule has 0 aromatic heterocycles. The Balaban J connectivity index is 2.00. The number of carboxylic acids is 1. The maximum atomic E-state index is 12.5. The topological polar surface area (TPSA) is 270 Å². The summed E-state index contributed by atoms with van der Waals surface area (Å²) in [5.74, 6) is -2.13.